The predicted octanol–water partition coefficient (Wildman–Crippen LogP) is 3.73. The zero-order valence-electron chi connectivity index (χ0n) is 5.75. The molecule has 3 heteroatoms. The van der Waals surface area contributed by atoms with Gasteiger partial charge in [0.2, 0.25) is 0 Å². The van der Waals surface area contributed by atoms with Crippen LogP contribution in [0.2, 0.25) is 0 Å². The number of alkyl halides is 3. The van der Waals surface area contributed by atoms with Crippen LogP contribution >= 0.6 is 34.8 Å². The lowest BCUT2D eigenvalue weighted by atomic mass is 10.2. The Morgan fingerprint density at radius 1 is 1.20 bits per heavy atom. The third-order valence-corrected chi connectivity index (χ3v) is 2.89. The standard InChI is InChI=1S/C7H11Cl3/c8-6-3-1-2-4-7(9,10)5-6/h6H,1-5H2. The SMILES string of the molecule is ClC1CCCCC(Cl)(Cl)C1. The largest absolute Gasteiger partial charge is 0.123 e. The fourth-order valence-electron chi connectivity index (χ4n) is 1.28. The molecule has 0 aromatic carbocycles. The summed E-state index contributed by atoms with van der Waals surface area (Å²) < 4.78 is -0.553. The van der Waals surface area contributed by atoms with Crippen LogP contribution in [0.5, 0.6) is 0 Å². The summed E-state index contributed by atoms with van der Waals surface area (Å²) in [6.07, 6.45) is 4.95. The van der Waals surface area contributed by atoms with Gasteiger partial charge in [-0.05, 0) is 19.3 Å². The van der Waals surface area contributed by atoms with Crippen molar-refractivity contribution in [3.05, 3.63) is 0 Å². The van der Waals surface area contributed by atoms with Gasteiger partial charge in [-0.1, -0.05) is 12.8 Å². The van der Waals surface area contributed by atoms with Crippen LogP contribution in [-0.2, 0) is 0 Å². The minimum Gasteiger partial charge on any atom is -0.123 e. The second-order valence-electron chi connectivity index (χ2n) is 2.90. The number of halogens is 3. The minimum absolute atomic E-state index is 0.178. The maximum Gasteiger partial charge on any atom is 0.119 e. The van der Waals surface area contributed by atoms with Gasteiger partial charge >= 0.3 is 0 Å². The molecule has 1 fully saturated rings. The highest BCUT2D eigenvalue weighted by molar-refractivity contribution is 6.48. The predicted molar refractivity (Wildman–Crippen MR) is 47.2 cm³/mol. The summed E-state index contributed by atoms with van der Waals surface area (Å²) in [5, 5.41) is 0.178. The van der Waals surface area contributed by atoms with Crippen molar-refractivity contribution in [2.45, 2.75) is 41.8 Å². The molecule has 0 heterocycles. The van der Waals surface area contributed by atoms with Crippen molar-refractivity contribution in [2.75, 3.05) is 0 Å². The van der Waals surface area contributed by atoms with E-state index in [9.17, 15) is 0 Å². The van der Waals surface area contributed by atoms with Crippen LogP contribution in [0.3, 0.4) is 0 Å². The molecule has 0 N–H and O–H groups in total. The summed E-state index contributed by atoms with van der Waals surface area (Å²) in [4.78, 5) is 0. The summed E-state index contributed by atoms with van der Waals surface area (Å²) in [6.45, 7) is 0. The Kier molecular flexibility index (Phi) is 3.15. The van der Waals surface area contributed by atoms with Crippen molar-refractivity contribution in [2.24, 2.45) is 0 Å². The molecule has 10 heavy (non-hydrogen) atoms. The highest BCUT2D eigenvalue weighted by atomic mass is 35.5. The molecule has 0 nitrogen and oxygen atoms in total. The van der Waals surface area contributed by atoms with E-state index in [1.807, 2.05) is 0 Å². The molecule has 1 unspecified atom stereocenters. The zero-order valence-corrected chi connectivity index (χ0v) is 8.01. The van der Waals surface area contributed by atoms with Crippen LogP contribution in [0, 0.1) is 0 Å². The van der Waals surface area contributed by atoms with E-state index in [1.165, 1.54) is 0 Å². The van der Waals surface area contributed by atoms with Crippen LogP contribution in [0.15, 0.2) is 0 Å². The third-order valence-electron chi connectivity index (χ3n) is 1.83. The van der Waals surface area contributed by atoms with E-state index in [-0.39, 0.29) is 5.38 Å². The highest BCUT2D eigenvalue weighted by Gasteiger charge is 2.29. The Hall–Kier alpha value is 0.870. The van der Waals surface area contributed by atoms with E-state index < -0.39 is 4.33 Å². The fourth-order valence-corrected chi connectivity index (χ4v) is 2.49. The van der Waals surface area contributed by atoms with Gasteiger partial charge in [0.1, 0.15) is 4.33 Å². The Labute approximate surface area is 76.8 Å². The molecule has 1 saturated carbocycles. The molecule has 0 saturated heterocycles. The molecule has 0 spiro atoms. The topological polar surface area (TPSA) is 0 Å². The zero-order chi connectivity index (χ0) is 7.61. The summed E-state index contributed by atoms with van der Waals surface area (Å²) >= 11 is 17.8. The van der Waals surface area contributed by atoms with Crippen molar-refractivity contribution in [1.29, 1.82) is 0 Å². The Morgan fingerprint density at radius 3 is 2.60 bits per heavy atom. The van der Waals surface area contributed by atoms with E-state index in [0.29, 0.717) is 0 Å². The second-order valence-corrected chi connectivity index (χ2v) is 5.16. The van der Waals surface area contributed by atoms with E-state index in [0.717, 1.165) is 32.1 Å². The first kappa shape index (κ1) is 8.96. The van der Waals surface area contributed by atoms with E-state index in [4.69, 9.17) is 34.8 Å². The average Bonchev–Trinajstić information content (AvgIpc) is 1.90. The van der Waals surface area contributed by atoms with E-state index in [2.05, 4.69) is 0 Å². The first-order valence-electron chi connectivity index (χ1n) is 3.62. The third kappa shape index (κ3) is 2.86. The smallest absolute Gasteiger partial charge is 0.119 e. The quantitative estimate of drug-likeness (QED) is 0.414. The number of rotatable bonds is 0. The van der Waals surface area contributed by atoms with Crippen LogP contribution in [-0.4, -0.2) is 9.71 Å². The van der Waals surface area contributed by atoms with Gasteiger partial charge in [-0.3, -0.25) is 0 Å². The second kappa shape index (κ2) is 3.51. The van der Waals surface area contributed by atoms with Crippen molar-refractivity contribution >= 4 is 34.8 Å². The molecule has 0 bridgehead atoms. The summed E-state index contributed by atoms with van der Waals surface area (Å²) in [6, 6.07) is 0. The van der Waals surface area contributed by atoms with Gasteiger partial charge in [-0.2, -0.15) is 0 Å². The molecule has 1 rings (SSSR count). The molecule has 60 valence electrons. The fraction of sp³-hybridized carbons (Fsp3) is 1.00. The van der Waals surface area contributed by atoms with Crippen LogP contribution in [0.4, 0.5) is 0 Å². The lowest BCUT2D eigenvalue weighted by molar-refractivity contribution is 0.658. The Balaban J connectivity index is 2.46. The van der Waals surface area contributed by atoms with Crippen molar-refractivity contribution < 1.29 is 0 Å². The molecule has 0 aromatic rings. The molecule has 0 amide bonds. The van der Waals surface area contributed by atoms with Gasteiger partial charge in [0.25, 0.3) is 0 Å². The molecule has 1 atom stereocenters. The first-order chi connectivity index (χ1) is 4.60. The molecular formula is C7H11Cl3. The van der Waals surface area contributed by atoms with E-state index in [1.54, 1.807) is 0 Å². The van der Waals surface area contributed by atoms with E-state index >= 15 is 0 Å². The molecule has 1 aliphatic carbocycles. The van der Waals surface area contributed by atoms with Crippen LogP contribution in [0.25, 0.3) is 0 Å². The lowest BCUT2D eigenvalue weighted by Crippen LogP contribution is -2.15. The minimum atomic E-state index is -0.553. The summed E-state index contributed by atoms with van der Waals surface area (Å²) in [7, 11) is 0. The maximum atomic E-state index is 5.95. The van der Waals surface area contributed by atoms with Gasteiger partial charge in [-0.15, -0.1) is 34.8 Å². The molecule has 0 aliphatic heterocycles. The Bertz CT molecular complexity index is 111. The summed E-state index contributed by atoms with van der Waals surface area (Å²) in [5.74, 6) is 0. The highest BCUT2D eigenvalue weighted by Crippen LogP contribution is 2.38. The van der Waals surface area contributed by atoms with Crippen molar-refractivity contribution in [3.8, 4) is 0 Å². The van der Waals surface area contributed by atoms with Crippen molar-refractivity contribution in [3.63, 3.8) is 0 Å². The van der Waals surface area contributed by atoms with Crippen LogP contribution in [0.1, 0.15) is 32.1 Å². The summed E-state index contributed by atoms with van der Waals surface area (Å²) in [5.41, 5.74) is 0. The average molecular weight is 202 g/mol. The molecule has 0 aromatic heterocycles. The first-order valence-corrected chi connectivity index (χ1v) is 4.81. The van der Waals surface area contributed by atoms with Gasteiger partial charge < -0.3 is 0 Å². The monoisotopic (exact) mass is 200 g/mol. The molecular weight excluding hydrogens is 190 g/mol. The van der Waals surface area contributed by atoms with Gasteiger partial charge in [-0.25, -0.2) is 0 Å². The van der Waals surface area contributed by atoms with Gasteiger partial charge in [0.15, 0.2) is 0 Å². The van der Waals surface area contributed by atoms with Crippen LogP contribution < -0.4 is 0 Å². The molecule has 0 radical (unpaired) electrons. The van der Waals surface area contributed by atoms with Gasteiger partial charge in [0.05, 0.1) is 0 Å². The lowest BCUT2D eigenvalue weighted by Gasteiger charge is -2.17. The normalized spacial score (nSPS) is 33.3. The Morgan fingerprint density at radius 2 is 1.90 bits per heavy atom. The maximum absolute atomic E-state index is 5.95. The van der Waals surface area contributed by atoms with Crippen molar-refractivity contribution in [1.82, 2.24) is 0 Å². The molecule has 1 aliphatic rings. The number of hydrogen-bond acceptors (Lipinski definition) is 0. The van der Waals surface area contributed by atoms with Gasteiger partial charge in [0, 0.05) is 5.38 Å². The number of hydrogen-bond donors (Lipinski definition) is 0.